The van der Waals surface area contributed by atoms with Crippen molar-refractivity contribution in [2.75, 3.05) is 12.3 Å². The van der Waals surface area contributed by atoms with Crippen molar-refractivity contribution in [3.05, 3.63) is 22.2 Å². The third kappa shape index (κ3) is 3.33. The summed E-state index contributed by atoms with van der Waals surface area (Å²) < 4.78 is 33.6. The van der Waals surface area contributed by atoms with E-state index in [9.17, 15) is 8.42 Å². The molecule has 112 valence electrons. The van der Waals surface area contributed by atoms with Crippen molar-refractivity contribution in [1.29, 1.82) is 0 Å². The van der Waals surface area contributed by atoms with Crippen molar-refractivity contribution in [2.45, 2.75) is 43.7 Å². The van der Waals surface area contributed by atoms with Crippen LogP contribution in [0, 0.1) is 6.92 Å². The van der Waals surface area contributed by atoms with Crippen LogP contribution in [0.5, 0.6) is 0 Å². The normalized spacial score (nSPS) is 22.6. The highest BCUT2D eigenvalue weighted by Gasteiger charge is 2.33. The molecule has 0 aliphatic heterocycles. The summed E-state index contributed by atoms with van der Waals surface area (Å²) in [5, 5.41) is 0. The molecular weight excluding hydrogens is 344 g/mol. The highest BCUT2D eigenvalue weighted by Crippen LogP contribution is 2.29. The quantitative estimate of drug-likeness (QED) is 0.786. The summed E-state index contributed by atoms with van der Waals surface area (Å²) in [6.45, 7) is 4.35. The summed E-state index contributed by atoms with van der Waals surface area (Å²) in [7, 11) is -3.54. The van der Waals surface area contributed by atoms with E-state index in [0.717, 1.165) is 12.8 Å². The Hall–Kier alpha value is -0.630. The summed E-state index contributed by atoms with van der Waals surface area (Å²) in [4.78, 5) is 0.234. The van der Waals surface area contributed by atoms with Crippen molar-refractivity contribution in [3.63, 3.8) is 0 Å². The molecule has 1 fully saturated rings. The lowest BCUT2D eigenvalue weighted by Gasteiger charge is -2.35. The molecule has 1 aliphatic rings. The highest BCUT2D eigenvalue weighted by atomic mass is 79.9. The number of nitrogens with two attached hydrogens (primary N) is 1. The first-order valence-electron chi connectivity index (χ1n) is 6.53. The summed E-state index contributed by atoms with van der Waals surface area (Å²) in [6.07, 6.45) is 1.61. The largest absolute Gasteiger partial charge is 0.398 e. The molecule has 0 aromatic heterocycles. The van der Waals surface area contributed by atoms with Crippen LogP contribution in [0.1, 0.15) is 25.3 Å². The second-order valence-electron chi connectivity index (χ2n) is 5.01. The Morgan fingerprint density at radius 2 is 2.10 bits per heavy atom. The smallest absolute Gasteiger partial charge is 0.241 e. The third-order valence-corrected chi connectivity index (χ3v) is 5.75. The van der Waals surface area contributed by atoms with Crippen LogP contribution in [0.4, 0.5) is 5.69 Å². The molecule has 5 nitrogen and oxygen atoms in total. The number of ether oxygens (including phenoxy) is 1. The molecule has 20 heavy (non-hydrogen) atoms. The van der Waals surface area contributed by atoms with Crippen molar-refractivity contribution in [1.82, 2.24) is 4.72 Å². The maximum absolute atomic E-state index is 12.4. The molecule has 0 radical (unpaired) electrons. The lowest BCUT2D eigenvalue weighted by Crippen LogP contribution is -2.47. The molecule has 1 aromatic carbocycles. The molecule has 1 saturated carbocycles. The van der Waals surface area contributed by atoms with Crippen LogP contribution in [0.2, 0.25) is 0 Å². The van der Waals surface area contributed by atoms with Gasteiger partial charge in [-0.25, -0.2) is 13.1 Å². The Bertz CT molecular complexity index is 598. The number of nitrogens with one attached hydrogen (secondary N) is 1. The van der Waals surface area contributed by atoms with Gasteiger partial charge in [-0.15, -0.1) is 0 Å². The number of anilines is 1. The number of hydrogen-bond acceptors (Lipinski definition) is 4. The molecule has 0 unspecified atom stereocenters. The van der Waals surface area contributed by atoms with E-state index in [1.165, 1.54) is 6.07 Å². The number of halogens is 1. The van der Waals surface area contributed by atoms with Gasteiger partial charge in [0.15, 0.2) is 0 Å². The van der Waals surface area contributed by atoms with Gasteiger partial charge in [-0.05, 0) is 60.3 Å². The van der Waals surface area contributed by atoms with E-state index in [0.29, 0.717) is 22.3 Å². The van der Waals surface area contributed by atoms with E-state index in [2.05, 4.69) is 20.7 Å². The minimum Gasteiger partial charge on any atom is -0.398 e. The van der Waals surface area contributed by atoms with Crippen molar-refractivity contribution >= 4 is 31.6 Å². The van der Waals surface area contributed by atoms with Crippen LogP contribution in [0.25, 0.3) is 0 Å². The SMILES string of the molecule is CCOC1CC(NS(=O)(=O)c2cc(N)c(Br)cc2C)C1. The molecule has 1 aromatic rings. The Balaban J connectivity index is 2.10. The van der Waals surface area contributed by atoms with E-state index in [1.54, 1.807) is 13.0 Å². The standard InChI is InChI=1S/C13H19BrN2O3S/c1-3-19-10-5-9(6-10)16-20(17,18)13-7-12(15)11(14)4-8(13)2/h4,7,9-10,16H,3,5-6,15H2,1-2H3. The molecule has 7 heteroatoms. The predicted octanol–water partition coefficient (Wildman–Crippen LogP) is 2.19. The van der Waals surface area contributed by atoms with Crippen molar-refractivity contribution in [3.8, 4) is 0 Å². The van der Waals surface area contributed by atoms with E-state index < -0.39 is 10.0 Å². The summed E-state index contributed by atoms with van der Waals surface area (Å²) in [6, 6.07) is 3.15. The lowest BCUT2D eigenvalue weighted by atomic mass is 9.90. The summed E-state index contributed by atoms with van der Waals surface area (Å²) in [5.74, 6) is 0. The highest BCUT2D eigenvalue weighted by molar-refractivity contribution is 9.10. The van der Waals surface area contributed by atoms with E-state index in [4.69, 9.17) is 10.5 Å². The first-order valence-corrected chi connectivity index (χ1v) is 8.80. The summed E-state index contributed by atoms with van der Waals surface area (Å²) >= 11 is 3.29. The Morgan fingerprint density at radius 3 is 2.70 bits per heavy atom. The van der Waals surface area contributed by atoms with Gasteiger partial charge in [-0.1, -0.05) is 0 Å². The molecule has 0 heterocycles. The zero-order chi connectivity index (χ0) is 14.9. The van der Waals surface area contributed by atoms with Gasteiger partial charge in [0, 0.05) is 22.8 Å². The maximum atomic E-state index is 12.4. The van der Waals surface area contributed by atoms with Crippen molar-refractivity contribution < 1.29 is 13.2 Å². The van der Waals surface area contributed by atoms with Gasteiger partial charge in [0.25, 0.3) is 0 Å². The molecule has 3 N–H and O–H groups in total. The minimum atomic E-state index is -3.54. The zero-order valence-corrected chi connectivity index (χ0v) is 13.9. The molecule has 1 aliphatic carbocycles. The fourth-order valence-corrected chi connectivity index (χ4v) is 4.26. The third-order valence-electron chi connectivity index (χ3n) is 3.40. The van der Waals surface area contributed by atoms with Crippen LogP contribution in [0.15, 0.2) is 21.5 Å². The van der Waals surface area contributed by atoms with Gasteiger partial charge >= 0.3 is 0 Å². The summed E-state index contributed by atoms with van der Waals surface area (Å²) in [5.41, 5.74) is 6.85. The number of benzene rings is 1. The van der Waals surface area contributed by atoms with Gasteiger partial charge in [0.1, 0.15) is 0 Å². The van der Waals surface area contributed by atoms with Crippen LogP contribution in [0.3, 0.4) is 0 Å². The Labute approximate surface area is 128 Å². The number of sulfonamides is 1. The van der Waals surface area contributed by atoms with Gasteiger partial charge in [-0.2, -0.15) is 0 Å². The predicted molar refractivity (Wildman–Crippen MR) is 82.0 cm³/mol. The van der Waals surface area contributed by atoms with Crippen LogP contribution in [-0.2, 0) is 14.8 Å². The first-order chi connectivity index (χ1) is 9.33. The minimum absolute atomic E-state index is 0.0548. The maximum Gasteiger partial charge on any atom is 0.241 e. The molecule has 0 bridgehead atoms. The van der Waals surface area contributed by atoms with E-state index in [1.807, 2.05) is 6.92 Å². The molecule has 0 atom stereocenters. The van der Waals surface area contributed by atoms with Gasteiger partial charge < -0.3 is 10.5 Å². The molecule has 0 amide bonds. The van der Waals surface area contributed by atoms with Crippen LogP contribution >= 0.6 is 15.9 Å². The Morgan fingerprint density at radius 1 is 1.45 bits per heavy atom. The fourth-order valence-electron chi connectivity index (χ4n) is 2.27. The first kappa shape index (κ1) is 15.8. The van der Waals surface area contributed by atoms with Crippen LogP contribution in [-0.4, -0.2) is 27.2 Å². The van der Waals surface area contributed by atoms with E-state index in [-0.39, 0.29) is 17.0 Å². The monoisotopic (exact) mass is 362 g/mol. The average Bonchev–Trinajstić information content (AvgIpc) is 2.31. The van der Waals surface area contributed by atoms with Gasteiger partial charge in [-0.3, -0.25) is 0 Å². The van der Waals surface area contributed by atoms with Crippen molar-refractivity contribution in [2.24, 2.45) is 0 Å². The van der Waals surface area contributed by atoms with Gasteiger partial charge in [0.05, 0.1) is 11.0 Å². The number of hydrogen-bond donors (Lipinski definition) is 2. The van der Waals surface area contributed by atoms with Gasteiger partial charge in [0.2, 0.25) is 10.0 Å². The average molecular weight is 363 g/mol. The number of rotatable bonds is 5. The molecule has 2 rings (SSSR count). The van der Waals surface area contributed by atoms with Crippen LogP contribution < -0.4 is 10.5 Å². The number of aryl methyl sites for hydroxylation is 1. The zero-order valence-electron chi connectivity index (χ0n) is 11.5. The number of nitrogen functional groups attached to an aromatic ring is 1. The molecular formula is C13H19BrN2O3S. The molecule has 0 saturated heterocycles. The fraction of sp³-hybridized carbons (Fsp3) is 0.538. The topological polar surface area (TPSA) is 81.4 Å². The Kier molecular flexibility index (Phi) is 4.73. The lowest BCUT2D eigenvalue weighted by molar-refractivity contribution is -0.00475. The van der Waals surface area contributed by atoms with E-state index >= 15 is 0 Å². The molecule has 0 spiro atoms. The second-order valence-corrected chi connectivity index (χ2v) is 7.54. The second kappa shape index (κ2) is 6.01.